The van der Waals surface area contributed by atoms with Crippen molar-refractivity contribution in [3.63, 3.8) is 0 Å². The van der Waals surface area contributed by atoms with Gasteiger partial charge in [-0.3, -0.25) is 0 Å². The number of nitrogens with zero attached hydrogens (tertiary/aromatic N) is 1. The second kappa shape index (κ2) is 15.1. The number of hydrogen-bond donors (Lipinski definition) is 0. The van der Waals surface area contributed by atoms with Gasteiger partial charge in [-0.25, -0.2) is 9.59 Å². The lowest BCUT2D eigenvalue weighted by molar-refractivity contribution is 0.0734. The molecule has 1 aliphatic rings. The number of ether oxygens (including phenoxy) is 3. The van der Waals surface area contributed by atoms with Gasteiger partial charge in [-0.1, -0.05) is 88.3 Å². The molecule has 0 radical (unpaired) electrons. The van der Waals surface area contributed by atoms with E-state index in [-0.39, 0.29) is 12.2 Å². The summed E-state index contributed by atoms with van der Waals surface area (Å²) >= 11 is 0. The zero-order valence-electron chi connectivity index (χ0n) is 23.8. The van der Waals surface area contributed by atoms with Gasteiger partial charge in [0.1, 0.15) is 17.6 Å². The second-order valence-electron chi connectivity index (χ2n) is 10.5. The van der Waals surface area contributed by atoms with Crippen LogP contribution in [0.4, 0.5) is 4.79 Å². The SMILES string of the molecule is CCCCCCCCCCOc1ccc(-c2ccc(OC(=O)c3ccc(CN4C[C@H](C)OC4=O)cc3)cc2)cc1. The summed E-state index contributed by atoms with van der Waals surface area (Å²) in [6.07, 6.45) is 9.90. The van der Waals surface area contributed by atoms with Crippen LogP contribution < -0.4 is 9.47 Å². The molecule has 0 spiro atoms. The van der Waals surface area contributed by atoms with Crippen molar-refractivity contribution >= 4 is 12.1 Å². The normalized spacial score (nSPS) is 14.7. The number of unbranched alkanes of at least 4 members (excludes halogenated alkanes) is 7. The Morgan fingerprint density at radius 2 is 1.38 bits per heavy atom. The van der Waals surface area contributed by atoms with Crippen molar-refractivity contribution in [2.24, 2.45) is 0 Å². The number of rotatable bonds is 15. The Labute approximate surface area is 238 Å². The van der Waals surface area contributed by atoms with Crippen LogP contribution >= 0.6 is 0 Å². The maximum Gasteiger partial charge on any atom is 0.410 e. The minimum Gasteiger partial charge on any atom is -0.494 e. The largest absolute Gasteiger partial charge is 0.494 e. The molecule has 3 aromatic carbocycles. The van der Waals surface area contributed by atoms with E-state index in [9.17, 15) is 9.59 Å². The third kappa shape index (κ3) is 8.87. The summed E-state index contributed by atoms with van der Waals surface area (Å²) in [5, 5.41) is 0. The Morgan fingerprint density at radius 3 is 1.95 bits per heavy atom. The van der Waals surface area contributed by atoms with Crippen LogP contribution in [0.3, 0.4) is 0 Å². The first-order valence-corrected chi connectivity index (χ1v) is 14.6. The van der Waals surface area contributed by atoms with Crippen LogP contribution in [-0.4, -0.2) is 36.2 Å². The fourth-order valence-corrected chi connectivity index (χ4v) is 4.82. The van der Waals surface area contributed by atoms with Gasteiger partial charge in [-0.05, 0) is 66.4 Å². The summed E-state index contributed by atoms with van der Waals surface area (Å²) in [6, 6.07) is 22.7. The van der Waals surface area contributed by atoms with Crippen molar-refractivity contribution in [3.05, 3.63) is 83.9 Å². The third-order valence-electron chi connectivity index (χ3n) is 7.12. The monoisotopic (exact) mass is 543 g/mol. The number of cyclic esters (lactones) is 1. The molecular formula is C34H41NO5. The first-order valence-electron chi connectivity index (χ1n) is 14.6. The van der Waals surface area contributed by atoms with Crippen LogP contribution in [0.15, 0.2) is 72.8 Å². The van der Waals surface area contributed by atoms with Gasteiger partial charge in [0.25, 0.3) is 0 Å². The Hall–Kier alpha value is -3.80. The molecule has 1 heterocycles. The van der Waals surface area contributed by atoms with E-state index in [1.807, 2.05) is 55.5 Å². The fourth-order valence-electron chi connectivity index (χ4n) is 4.82. The molecule has 0 saturated carbocycles. The molecule has 0 N–H and O–H groups in total. The third-order valence-corrected chi connectivity index (χ3v) is 7.12. The molecule has 6 nitrogen and oxygen atoms in total. The van der Waals surface area contributed by atoms with Gasteiger partial charge in [0.2, 0.25) is 0 Å². The van der Waals surface area contributed by atoms with Gasteiger partial charge in [0.15, 0.2) is 0 Å². The minimum atomic E-state index is -0.425. The van der Waals surface area contributed by atoms with Crippen molar-refractivity contribution in [2.45, 2.75) is 77.9 Å². The number of carbonyl (C=O) groups excluding carboxylic acids is 2. The first-order chi connectivity index (χ1) is 19.5. The highest BCUT2D eigenvalue weighted by molar-refractivity contribution is 5.91. The number of esters is 1. The average Bonchev–Trinajstić information content (AvgIpc) is 3.29. The molecule has 0 unspecified atom stereocenters. The molecule has 3 aromatic rings. The van der Waals surface area contributed by atoms with Crippen LogP contribution in [-0.2, 0) is 11.3 Å². The molecule has 1 fully saturated rings. The Bertz CT molecular complexity index is 1200. The lowest BCUT2D eigenvalue weighted by atomic mass is 10.1. The number of benzene rings is 3. The van der Waals surface area contributed by atoms with Crippen LogP contribution in [0.5, 0.6) is 11.5 Å². The Kier molecular flexibility index (Phi) is 11.0. The van der Waals surface area contributed by atoms with Gasteiger partial charge < -0.3 is 19.1 Å². The highest BCUT2D eigenvalue weighted by Gasteiger charge is 2.27. The zero-order valence-corrected chi connectivity index (χ0v) is 23.8. The number of hydrogen-bond acceptors (Lipinski definition) is 5. The number of amides is 1. The van der Waals surface area contributed by atoms with Crippen LogP contribution in [0.25, 0.3) is 11.1 Å². The second-order valence-corrected chi connectivity index (χ2v) is 10.5. The quantitative estimate of drug-likeness (QED) is 0.109. The summed E-state index contributed by atoms with van der Waals surface area (Å²) in [5.41, 5.74) is 3.49. The number of carbonyl (C=O) groups is 2. The van der Waals surface area contributed by atoms with Crippen molar-refractivity contribution in [1.82, 2.24) is 4.90 Å². The molecule has 0 aromatic heterocycles. The lowest BCUT2D eigenvalue weighted by Crippen LogP contribution is -2.24. The van der Waals surface area contributed by atoms with E-state index in [1.54, 1.807) is 29.2 Å². The van der Waals surface area contributed by atoms with Crippen molar-refractivity contribution in [1.29, 1.82) is 0 Å². The molecule has 6 heteroatoms. The molecule has 1 amide bonds. The first kappa shape index (κ1) is 29.2. The summed E-state index contributed by atoms with van der Waals surface area (Å²) in [6.45, 7) is 5.89. The fraction of sp³-hybridized carbons (Fsp3) is 0.412. The van der Waals surface area contributed by atoms with Gasteiger partial charge in [0.05, 0.1) is 18.7 Å². The van der Waals surface area contributed by atoms with Crippen LogP contribution in [0.1, 0.15) is 81.1 Å². The Balaban J connectivity index is 1.19. The highest BCUT2D eigenvalue weighted by Crippen LogP contribution is 2.25. The minimum absolute atomic E-state index is 0.101. The lowest BCUT2D eigenvalue weighted by Gasteiger charge is -2.13. The smallest absolute Gasteiger partial charge is 0.410 e. The zero-order chi connectivity index (χ0) is 28.2. The highest BCUT2D eigenvalue weighted by atomic mass is 16.6. The van der Waals surface area contributed by atoms with E-state index in [0.717, 1.165) is 35.5 Å². The maximum atomic E-state index is 12.6. The molecule has 1 atom stereocenters. The molecule has 0 aliphatic carbocycles. The van der Waals surface area contributed by atoms with Crippen LogP contribution in [0.2, 0.25) is 0 Å². The van der Waals surface area contributed by atoms with E-state index in [1.165, 1.54) is 44.9 Å². The molecule has 1 aliphatic heterocycles. The predicted octanol–water partition coefficient (Wildman–Crippen LogP) is 8.43. The van der Waals surface area contributed by atoms with E-state index >= 15 is 0 Å². The van der Waals surface area contributed by atoms with E-state index < -0.39 is 5.97 Å². The maximum absolute atomic E-state index is 12.6. The van der Waals surface area contributed by atoms with E-state index in [0.29, 0.717) is 24.4 Å². The summed E-state index contributed by atoms with van der Waals surface area (Å²) in [4.78, 5) is 26.1. The average molecular weight is 544 g/mol. The molecule has 4 rings (SSSR count). The van der Waals surface area contributed by atoms with Crippen molar-refractivity contribution in [2.75, 3.05) is 13.2 Å². The van der Waals surface area contributed by atoms with Crippen molar-refractivity contribution < 1.29 is 23.8 Å². The van der Waals surface area contributed by atoms with Crippen molar-refractivity contribution in [3.8, 4) is 22.6 Å². The molecule has 0 bridgehead atoms. The summed E-state index contributed by atoms with van der Waals surface area (Å²) in [5.74, 6) is 0.946. The molecule has 1 saturated heterocycles. The van der Waals surface area contributed by atoms with Gasteiger partial charge in [-0.15, -0.1) is 0 Å². The summed E-state index contributed by atoms with van der Waals surface area (Å²) < 4.78 is 16.6. The van der Waals surface area contributed by atoms with Gasteiger partial charge in [0, 0.05) is 6.54 Å². The van der Waals surface area contributed by atoms with E-state index in [4.69, 9.17) is 14.2 Å². The predicted molar refractivity (Wildman–Crippen MR) is 158 cm³/mol. The van der Waals surface area contributed by atoms with E-state index in [2.05, 4.69) is 6.92 Å². The molecule has 212 valence electrons. The van der Waals surface area contributed by atoms with Gasteiger partial charge >= 0.3 is 12.1 Å². The topological polar surface area (TPSA) is 65.1 Å². The molecular weight excluding hydrogens is 502 g/mol. The van der Waals surface area contributed by atoms with Gasteiger partial charge in [-0.2, -0.15) is 0 Å². The van der Waals surface area contributed by atoms with Crippen LogP contribution in [0, 0.1) is 0 Å². The Morgan fingerprint density at radius 1 is 0.800 bits per heavy atom. The molecule has 40 heavy (non-hydrogen) atoms. The summed E-state index contributed by atoms with van der Waals surface area (Å²) in [7, 11) is 0. The standard InChI is InChI=1S/C34H41NO5/c1-3-4-5-6-7-8-9-10-23-38-31-19-15-28(16-20-31)29-17-21-32(22-18-29)40-33(36)30-13-11-27(12-14-30)25-35-24-26(2)39-34(35)37/h11-22,26H,3-10,23-25H2,1-2H3/t26-/m0/s1.